The Bertz CT molecular complexity index is 284. The second-order valence-corrected chi connectivity index (χ2v) is 4.41. The second kappa shape index (κ2) is 5.97. The number of urea groups is 1. The van der Waals surface area contributed by atoms with Gasteiger partial charge in [0.1, 0.15) is 0 Å². The lowest BCUT2D eigenvalue weighted by molar-refractivity contribution is -0.122. The van der Waals surface area contributed by atoms with Gasteiger partial charge in [-0.25, -0.2) is 4.79 Å². The summed E-state index contributed by atoms with van der Waals surface area (Å²) in [7, 11) is 3.16. The summed E-state index contributed by atoms with van der Waals surface area (Å²) in [6.07, 6.45) is 3.19. The number of hydrogen-bond acceptors (Lipinski definition) is 4. The lowest BCUT2D eigenvalue weighted by atomic mass is 9.80. The third-order valence-corrected chi connectivity index (χ3v) is 3.29. The van der Waals surface area contributed by atoms with Crippen LogP contribution in [0.15, 0.2) is 0 Å². The van der Waals surface area contributed by atoms with Crippen LogP contribution in [-0.2, 0) is 9.53 Å². The molecule has 1 fully saturated rings. The fraction of sp³-hybridized carbons (Fsp3) is 0.818. The molecule has 1 atom stereocenters. The van der Waals surface area contributed by atoms with Gasteiger partial charge in [-0.3, -0.25) is 10.1 Å². The highest BCUT2D eigenvalue weighted by atomic mass is 16.5. The van der Waals surface area contributed by atoms with Crippen LogP contribution in [0.5, 0.6) is 0 Å². The van der Waals surface area contributed by atoms with Gasteiger partial charge in [-0.2, -0.15) is 0 Å². The predicted octanol–water partition coefficient (Wildman–Crippen LogP) is -0.0108. The van der Waals surface area contributed by atoms with Gasteiger partial charge < -0.3 is 15.4 Å². The molecule has 0 aromatic heterocycles. The summed E-state index contributed by atoms with van der Waals surface area (Å²) in [5.41, 5.74) is -0.123. The molecule has 0 radical (unpaired) electrons. The van der Waals surface area contributed by atoms with Crippen molar-refractivity contribution in [1.29, 1.82) is 0 Å². The van der Waals surface area contributed by atoms with Crippen LogP contribution in [0.25, 0.3) is 0 Å². The molecule has 0 spiro atoms. The average Bonchev–Trinajstić information content (AvgIpc) is 2.27. The Kier molecular flexibility index (Phi) is 4.89. The first-order valence-corrected chi connectivity index (χ1v) is 5.84. The highest BCUT2D eigenvalue weighted by Gasteiger charge is 2.37. The molecule has 0 heterocycles. The first-order chi connectivity index (χ1) is 8.03. The molecule has 1 aliphatic carbocycles. The molecule has 1 rings (SSSR count). The monoisotopic (exact) mass is 243 g/mol. The van der Waals surface area contributed by atoms with Crippen LogP contribution < -0.4 is 16.0 Å². The molecule has 17 heavy (non-hydrogen) atoms. The fourth-order valence-corrected chi connectivity index (χ4v) is 1.74. The standard InChI is InChI=1S/C11H21N3O3/c1-8(9(15)14-10(16)12-2)13-7-11(17-3)5-4-6-11/h8,13H,4-7H2,1-3H3,(H2,12,14,15,16). The lowest BCUT2D eigenvalue weighted by Crippen LogP contribution is -2.54. The Morgan fingerprint density at radius 1 is 1.41 bits per heavy atom. The summed E-state index contributed by atoms with van der Waals surface area (Å²) < 4.78 is 5.43. The highest BCUT2D eigenvalue weighted by Crippen LogP contribution is 2.34. The van der Waals surface area contributed by atoms with E-state index in [1.807, 2.05) is 0 Å². The molecule has 0 aliphatic heterocycles. The van der Waals surface area contributed by atoms with Crippen molar-refractivity contribution in [1.82, 2.24) is 16.0 Å². The number of rotatable bonds is 5. The third kappa shape index (κ3) is 3.67. The molecule has 0 saturated heterocycles. The molecule has 0 bridgehead atoms. The first kappa shape index (κ1) is 13.9. The quantitative estimate of drug-likeness (QED) is 0.634. The number of amides is 3. The second-order valence-electron chi connectivity index (χ2n) is 4.41. The van der Waals surface area contributed by atoms with Crippen molar-refractivity contribution in [3.8, 4) is 0 Å². The topological polar surface area (TPSA) is 79.5 Å². The molecule has 3 N–H and O–H groups in total. The van der Waals surface area contributed by atoms with E-state index in [0.29, 0.717) is 6.54 Å². The van der Waals surface area contributed by atoms with E-state index in [4.69, 9.17) is 4.74 Å². The number of hydrogen-bond donors (Lipinski definition) is 3. The van der Waals surface area contributed by atoms with Gasteiger partial charge in [0.2, 0.25) is 5.91 Å². The Hall–Kier alpha value is -1.14. The minimum Gasteiger partial charge on any atom is -0.377 e. The molecular formula is C11H21N3O3. The summed E-state index contributed by atoms with van der Waals surface area (Å²) in [4.78, 5) is 22.5. The molecule has 6 heteroatoms. The van der Waals surface area contributed by atoms with Gasteiger partial charge in [0.15, 0.2) is 0 Å². The van der Waals surface area contributed by atoms with Gasteiger partial charge in [-0.1, -0.05) is 0 Å². The molecule has 1 unspecified atom stereocenters. The van der Waals surface area contributed by atoms with Crippen LogP contribution in [0.4, 0.5) is 4.79 Å². The zero-order chi connectivity index (χ0) is 12.9. The number of carbonyl (C=O) groups excluding carboxylic acids is 2. The van der Waals surface area contributed by atoms with E-state index in [-0.39, 0.29) is 11.5 Å². The minimum atomic E-state index is -0.492. The first-order valence-electron chi connectivity index (χ1n) is 5.84. The molecule has 6 nitrogen and oxygen atoms in total. The normalized spacial score (nSPS) is 19.0. The summed E-state index contributed by atoms with van der Waals surface area (Å²) in [6.45, 7) is 2.35. The van der Waals surface area contributed by atoms with Crippen molar-refractivity contribution < 1.29 is 14.3 Å². The van der Waals surface area contributed by atoms with Crippen LogP contribution in [0, 0.1) is 0 Å². The van der Waals surface area contributed by atoms with Crippen molar-refractivity contribution >= 4 is 11.9 Å². The molecular weight excluding hydrogens is 222 g/mol. The van der Waals surface area contributed by atoms with Crippen molar-refractivity contribution in [2.24, 2.45) is 0 Å². The van der Waals surface area contributed by atoms with Crippen molar-refractivity contribution in [3.05, 3.63) is 0 Å². The maximum atomic E-state index is 11.5. The van der Waals surface area contributed by atoms with Crippen LogP contribution in [-0.4, -0.2) is 44.3 Å². The van der Waals surface area contributed by atoms with Crippen molar-refractivity contribution in [2.45, 2.75) is 37.8 Å². The van der Waals surface area contributed by atoms with E-state index >= 15 is 0 Å². The fourth-order valence-electron chi connectivity index (χ4n) is 1.74. The van der Waals surface area contributed by atoms with E-state index in [1.54, 1.807) is 14.0 Å². The molecule has 1 saturated carbocycles. The summed E-state index contributed by atoms with van der Waals surface area (Å²) in [6, 6.07) is -0.909. The van der Waals surface area contributed by atoms with E-state index in [2.05, 4.69) is 16.0 Å². The smallest absolute Gasteiger partial charge is 0.321 e. The largest absolute Gasteiger partial charge is 0.377 e. The molecule has 1 aliphatic rings. The zero-order valence-corrected chi connectivity index (χ0v) is 10.6. The van der Waals surface area contributed by atoms with Crippen molar-refractivity contribution in [3.63, 3.8) is 0 Å². The Balaban J connectivity index is 2.31. The lowest BCUT2D eigenvalue weighted by Gasteiger charge is -2.41. The maximum Gasteiger partial charge on any atom is 0.321 e. The number of methoxy groups -OCH3 is 1. The highest BCUT2D eigenvalue weighted by molar-refractivity contribution is 5.96. The number of carbonyl (C=O) groups is 2. The van der Waals surface area contributed by atoms with Gasteiger partial charge in [0.25, 0.3) is 0 Å². The van der Waals surface area contributed by atoms with Gasteiger partial charge in [-0.15, -0.1) is 0 Å². The number of imide groups is 1. The SMILES string of the molecule is CNC(=O)NC(=O)C(C)NCC1(OC)CCC1. The Morgan fingerprint density at radius 2 is 2.06 bits per heavy atom. The zero-order valence-electron chi connectivity index (χ0n) is 10.6. The minimum absolute atomic E-state index is 0.123. The summed E-state index contributed by atoms with van der Waals surface area (Å²) in [5.74, 6) is -0.338. The predicted molar refractivity (Wildman–Crippen MR) is 63.7 cm³/mol. The van der Waals surface area contributed by atoms with Crippen LogP contribution in [0.3, 0.4) is 0 Å². The average molecular weight is 243 g/mol. The molecule has 3 amide bonds. The third-order valence-electron chi connectivity index (χ3n) is 3.29. The molecule has 0 aromatic carbocycles. The van der Waals surface area contributed by atoms with Gasteiger partial charge in [-0.05, 0) is 26.2 Å². The van der Waals surface area contributed by atoms with E-state index < -0.39 is 12.1 Å². The molecule has 98 valence electrons. The number of nitrogens with one attached hydrogen (secondary N) is 3. The Morgan fingerprint density at radius 3 is 2.47 bits per heavy atom. The van der Waals surface area contributed by atoms with Crippen LogP contribution in [0.2, 0.25) is 0 Å². The Labute approximate surface area is 101 Å². The van der Waals surface area contributed by atoms with E-state index in [9.17, 15) is 9.59 Å². The summed E-state index contributed by atoms with van der Waals surface area (Å²) in [5, 5.41) is 7.65. The van der Waals surface area contributed by atoms with Crippen molar-refractivity contribution in [2.75, 3.05) is 20.7 Å². The van der Waals surface area contributed by atoms with Gasteiger partial charge in [0.05, 0.1) is 11.6 Å². The molecule has 0 aromatic rings. The van der Waals surface area contributed by atoms with Gasteiger partial charge >= 0.3 is 6.03 Å². The van der Waals surface area contributed by atoms with Gasteiger partial charge in [0, 0.05) is 20.7 Å². The van der Waals surface area contributed by atoms with Crippen LogP contribution in [0.1, 0.15) is 26.2 Å². The van der Waals surface area contributed by atoms with E-state index in [1.165, 1.54) is 7.05 Å². The van der Waals surface area contributed by atoms with E-state index in [0.717, 1.165) is 19.3 Å². The number of ether oxygens (including phenoxy) is 1. The van der Waals surface area contributed by atoms with Crippen LogP contribution >= 0.6 is 0 Å². The maximum absolute atomic E-state index is 11.5. The summed E-state index contributed by atoms with van der Waals surface area (Å²) >= 11 is 0.